The Kier molecular flexibility index (Phi) is 7.24. The molecule has 0 atom stereocenters. The first-order chi connectivity index (χ1) is 15.7. The number of rotatable bonds is 8. The monoisotopic (exact) mass is 433 g/mol. The van der Waals surface area contributed by atoms with Gasteiger partial charge in [0.05, 0.1) is 25.5 Å². The maximum atomic E-state index is 6.01. The van der Waals surface area contributed by atoms with Crippen LogP contribution in [0.15, 0.2) is 59.0 Å². The Bertz CT molecular complexity index is 1040. The van der Waals surface area contributed by atoms with Crippen LogP contribution in [0.3, 0.4) is 0 Å². The smallest absolute Gasteiger partial charge is 0.230 e. The molecule has 1 aliphatic rings. The zero-order chi connectivity index (χ0) is 22.3. The zero-order valence-electron chi connectivity index (χ0n) is 19.1. The average Bonchev–Trinajstić information content (AvgIpc) is 3.20. The molecule has 2 aromatic carbocycles. The van der Waals surface area contributed by atoms with Crippen LogP contribution in [0.5, 0.6) is 11.5 Å². The number of benzene rings is 2. The summed E-state index contributed by atoms with van der Waals surface area (Å²) < 4.78 is 16.9. The molecule has 1 fully saturated rings. The van der Waals surface area contributed by atoms with Crippen LogP contribution in [-0.2, 0) is 6.54 Å². The van der Waals surface area contributed by atoms with Crippen molar-refractivity contribution < 1.29 is 13.9 Å². The average molecular weight is 434 g/mol. The van der Waals surface area contributed by atoms with E-state index in [2.05, 4.69) is 46.2 Å². The Morgan fingerprint density at radius 1 is 0.969 bits per heavy atom. The zero-order valence-corrected chi connectivity index (χ0v) is 19.1. The molecule has 0 N–H and O–H groups in total. The van der Waals surface area contributed by atoms with Crippen molar-refractivity contribution >= 4 is 6.08 Å². The summed E-state index contributed by atoms with van der Waals surface area (Å²) >= 11 is 0. The minimum atomic E-state index is 0.568. The minimum absolute atomic E-state index is 0.568. The van der Waals surface area contributed by atoms with Crippen molar-refractivity contribution in [3.05, 3.63) is 71.6 Å². The van der Waals surface area contributed by atoms with Gasteiger partial charge < -0.3 is 13.9 Å². The van der Waals surface area contributed by atoms with Gasteiger partial charge in [0, 0.05) is 39.3 Å². The topological polar surface area (TPSA) is 51.0 Å². The molecule has 4 rings (SSSR count). The summed E-state index contributed by atoms with van der Waals surface area (Å²) in [6.07, 6.45) is 4.44. The number of aryl methyl sites for hydroxylation is 1. The van der Waals surface area contributed by atoms with Crippen molar-refractivity contribution in [3.8, 4) is 23.0 Å². The maximum Gasteiger partial charge on any atom is 0.230 e. The SMILES string of the molecule is COc1ccc(OC)c(-c2nc(CN3CCN(CC=Cc4ccccc4)CC3)c(C)o2)c1. The number of oxazole rings is 1. The largest absolute Gasteiger partial charge is 0.497 e. The molecule has 0 radical (unpaired) electrons. The minimum Gasteiger partial charge on any atom is -0.497 e. The lowest BCUT2D eigenvalue weighted by Gasteiger charge is -2.33. The van der Waals surface area contributed by atoms with Crippen LogP contribution in [0.1, 0.15) is 17.0 Å². The molecular formula is C26H31N3O3. The Hall–Kier alpha value is -3.09. The molecule has 0 spiro atoms. The number of aromatic nitrogens is 1. The van der Waals surface area contributed by atoms with Crippen LogP contribution in [0.4, 0.5) is 0 Å². The van der Waals surface area contributed by atoms with Crippen molar-refractivity contribution in [2.24, 2.45) is 0 Å². The molecule has 0 saturated carbocycles. The molecular weight excluding hydrogens is 402 g/mol. The third-order valence-corrected chi connectivity index (χ3v) is 5.84. The van der Waals surface area contributed by atoms with Crippen LogP contribution in [0, 0.1) is 6.92 Å². The fourth-order valence-electron chi connectivity index (χ4n) is 3.91. The summed E-state index contributed by atoms with van der Waals surface area (Å²) in [6.45, 7) is 7.87. The van der Waals surface area contributed by atoms with Gasteiger partial charge in [-0.15, -0.1) is 0 Å². The summed E-state index contributed by atoms with van der Waals surface area (Å²) in [6, 6.07) is 16.1. The fourth-order valence-corrected chi connectivity index (χ4v) is 3.91. The second-order valence-electron chi connectivity index (χ2n) is 7.98. The van der Waals surface area contributed by atoms with Crippen LogP contribution in [0.2, 0.25) is 0 Å². The second-order valence-corrected chi connectivity index (χ2v) is 7.98. The van der Waals surface area contributed by atoms with E-state index < -0.39 is 0 Å². The van der Waals surface area contributed by atoms with E-state index in [4.69, 9.17) is 18.9 Å². The van der Waals surface area contributed by atoms with Crippen molar-refractivity contribution in [2.45, 2.75) is 13.5 Å². The van der Waals surface area contributed by atoms with E-state index in [0.717, 1.165) is 67.8 Å². The summed E-state index contributed by atoms with van der Waals surface area (Å²) in [7, 11) is 3.30. The number of piperazine rings is 1. The Balaban J connectivity index is 1.34. The Morgan fingerprint density at radius 2 is 1.72 bits per heavy atom. The lowest BCUT2D eigenvalue weighted by atomic mass is 10.2. The van der Waals surface area contributed by atoms with Gasteiger partial charge in [0.15, 0.2) is 0 Å². The molecule has 168 valence electrons. The molecule has 2 heterocycles. The van der Waals surface area contributed by atoms with E-state index in [1.54, 1.807) is 14.2 Å². The molecule has 6 heteroatoms. The number of ether oxygens (including phenoxy) is 2. The molecule has 0 aliphatic carbocycles. The van der Waals surface area contributed by atoms with E-state index in [-0.39, 0.29) is 0 Å². The fraction of sp³-hybridized carbons (Fsp3) is 0.346. The van der Waals surface area contributed by atoms with Gasteiger partial charge in [-0.1, -0.05) is 42.5 Å². The highest BCUT2D eigenvalue weighted by molar-refractivity contribution is 5.65. The molecule has 6 nitrogen and oxygen atoms in total. The number of hydrogen-bond donors (Lipinski definition) is 0. The first-order valence-corrected chi connectivity index (χ1v) is 11.0. The summed E-state index contributed by atoms with van der Waals surface area (Å²) in [5.74, 6) is 2.88. The van der Waals surface area contributed by atoms with Gasteiger partial charge in [-0.3, -0.25) is 9.80 Å². The highest BCUT2D eigenvalue weighted by Gasteiger charge is 2.21. The third kappa shape index (κ3) is 5.39. The lowest BCUT2D eigenvalue weighted by molar-refractivity contribution is 0.135. The summed E-state index contributed by atoms with van der Waals surface area (Å²) in [5, 5.41) is 0. The molecule has 1 aromatic heterocycles. The standard InChI is InChI=1S/C26H31N3O3/c1-20-24(27-26(32-20)23-18-22(30-2)11-12-25(23)31-3)19-29-16-14-28(15-17-29)13-7-10-21-8-5-4-6-9-21/h4-12,18H,13-17,19H2,1-3H3. The van der Waals surface area contributed by atoms with Crippen LogP contribution >= 0.6 is 0 Å². The first kappa shape index (κ1) is 22.1. The summed E-state index contributed by atoms with van der Waals surface area (Å²) in [4.78, 5) is 9.72. The van der Waals surface area contributed by atoms with Gasteiger partial charge in [0.2, 0.25) is 5.89 Å². The molecule has 3 aromatic rings. The van der Waals surface area contributed by atoms with Crippen molar-refractivity contribution in [1.82, 2.24) is 14.8 Å². The van der Waals surface area contributed by atoms with Crippen LogP contribution in [0.25, 0.3) is 17.5 Å². The molecule has 32 heavy (non-hydrogen) atoms. The van der Waals surface area contributed by atoms with Gasteiger partial charge >= 0.3 is 0 Å². The predicted octanol–water partition coefficient (Wildman–Crippen LogP) is 4.50. The van der Waals surface area contributed by atoms with E-state index >= 15 is 0 Å². The highest BCUT2D eigenvalue weighted by atomic mass is 16.5. The molecule has 1 saturated heterocycles. The van der Waals surface area contributed by atoms with Gasteiger partial charge in [0.25, 0.3) is 0 Å². The molecule has 0 amide bonds. The Morgan fingerprint density at radius 3 is 2.44 bits per heavy atom. The maximum absolute atomic E-state index is 6.01. The quantitative estimate of drug-likeness (QED) is 0.521. The van der Waals surface area contributed by atoms with Crippen LogP contribution < -0.4 is 9.47 Å². The van der Waals surface area contributed by atoms with Crippen molar-refractivity contribution in [2.75, 3.05) is 46.9 Å². The molecule has 1 aliphatic heterocycles. The lowest BCUT2D eigenvalue weighted by Crippen LogP contribution is -2.45. The van der Waals surface area contributed by atoms with E-state index in [0.29, 0.717) is 5.89 Å². The summed E-state index contributed by atoms with van der Waals surface area (Å²) in [5.41, 5.74) is 3.02. The van der Waals surface area contributed by atoms with Gasteiger partial charge in [-0.05, 0) is 30.7 Å². The first-order valence-electron chi connectivity index (χ1n) is 11.0. The van der Waals surface area contributed by atoms with E-state index in [1.165, 1.54) is 5.56 Å². The van der Waals surface area contributed by atoms with E-state index in [1.807, 2.05) is 31.2 Å². The normalized spacial score (nSPS) is 15.3. The number of nitrogens with zero attached hydrogens (tertiary/aromatic N) is 3. The molecule has 0 unspecified atom stereocenters. The Labute approximate surface area is 190 Å². The number of methoxy groups -OCH3 is 2. The second kappa shape index (κ2) is 10.5. The number of hydrogen-bond acceptors (Lipinski definition) is 6. The predicted molar refractivity (Wildman–Crippen MR) is 127 cm³/mol. The van der Waals surface area contributed by atoms with Crippen molar-refractivity contribution in [3.63, 3.8) is 0 Å². The van der Waals surface area contributed by atoms with Crippen LogP contribution in [-0.4, -0.2) is 61.7 Å². The molecule has 0 bridgehead atoms. The third-order valence-electron chi connectivity index (χ3n) is 5.84. The highest BCUT2D eigenvalue weighted by Crippen LogP contribution is 2.34. The van der Waals surface area contributed by atoms with Gasteiger partial charge in [-0.25, -0.2) is 4.98 Å². The van der Waals surface area contributed by atoms with Crippen molar-refractivity contribution in [1.29, 1.82) is 0 Å². The van der Waals surface area contributed by atoms with E-state index in [9.17, 15) is 0 Å². The van der Waals surface area contributed by atoms with Gasteiger partial charge in [0.1, 0.15) is 17.3 Å². The van der Waals surface area contributed by atoms with Gasteiger partial charge in [-0.2, -0.15) is 0 Å².